The van der Waals surface area contributed by atoms with Crippen LogP contribution < -0.4 is 5.32 Å². The second kappa shape index (κ2) is 4.69. The van der Waals surface area contributed by atoms with Gasteiger partial charge in [0.1, 0.15) is 11.6 Å². The van der Waals surface area contributed by atoms with Crippen LogP contribution in [0.3, 0.4) is 0 Å². The summed E-state index contributed by atoms with van der Waals surface area (Å²) in [6.45, 7) is 5.91. The number of hydrogen-bond donors (Lipinski definition) is 1. The Bertz CT molecular complexity index is 706. The van der Waals surface area contributed by atoms with Gasteiger partial charge in [0.25, 0.3) is 0 Å². The van der Waals surface area contributed by atoms with E-state index in [1.54, 1.807) is 12.1 Å². The Balaban J connectivity index is 2.11. The van der Waals surface area contributed by atoms with Crippen molar-refractivity contribution in [2.24, 2.45) is 0 Å². The molecule has 1 N–H and O–H groups in total. The third kappa shape index (κ3) is 2.13. The van der Waals surface area contributed by atoms with E-state index < -0.39 is 0 Å². The van der Waals surface area contributed by atoms with Crippen LogP contribution in [0.15, 0.2) is 24.3 Å². The Morgan fingerprint density at radius 3 is 2.81 bits per heavy atom. The van der Waals surface area contributed by atoms with Gasteiger partial charge in [0.05, 0.1) is 22.8 Å². The largest absolute Gasteiger partial charge is 0.363 e. The number of hydrogen-bond acceptors (Lipinski definition) is 3. The molecule has 0 spiro atoms. The number of aryl methyl sites for hydroxylation is 1. The van der Waals surface area contributed by atoms with Crippen LogP contribution in [0.2, 0.25) is 0 Å². The molecule has 3 rings (SSSR count). The molecular formula is C16H18FN3O. The predicted molar refractivity (Wildman–Crippen MR) is 79.1 cm³/mol. The number of aromatic nitrogens is 2. The number of nitrogens with zero attached hydrogens (tertiary/aromatic N) is 2. The summed E-state index contributed by atoms with van der Waals surface area (Å²) in [5.74, 6) is 0.440. The zero-order valence-electron chi connectivity index (χ0n) is 12.4. The Morgan fingerprint density at radius 1 is 1.43 bits per heavy atom. The third-order valence-corrected chi connectivity index (χ3v) is 4.09. The number of anilines is 1. The minimum atomic E-state index is -0.292. The summed E-state index contributed by atoms with van der Waals surface area (Å²) in [6, 6.07) is 6.57. The Morgan fingerprint density at radius 2 is 2.14 bits per heavy atom. The SMILES string of the molecule is Cc1nn2c(c1C=O)NC(c1ccccc1F)CC2(C)C. The van der Waals surface area contributed by atoms with E-state index in [0.717, 1.165) is 6.29 Å². The molecule has 0 saturated carbocycles. The lowest BCUT2D eigenvalue weighted by atomic mass is 9.88. The van der Waals surface area contributed by atoms with Crippen molar-refractivity contribution in [1.29, 1.82) is 0 Å². The van der Waals surface area contributed by atoms with E-state index in [4.69, 9.17) is 0 Å². The molecule has 1 unspecified atom stereocenters. The van der Waals surface area contributed by atoms with Crippen molar-refractivity contribution in [3.63, 3.8) is 0 Å². The lowest BCUT2D eigenvalue weighted by Crippen LogP contribution is -2.38. The first-order valence-corrected chi connectivity index (χ1v) is 7.00. The van der Waals surface area contributed by atoms with Gasteiger partial charge in [-0.25, -0.2) is 9.07 Å². The fourth-order valence-corrected chi connectivity index (χ4v) is 3.00. The standard InChI is InChI=1S/C16H18FN3O/c1-10-12(9-21)15-18-14(8-16(2,3)20(15)19-10)11-6-4-5-7-13(11)17/h4-7,9,14,18H,8H2,1-3H3. The van der Waals surface area contributed by atoms with Crippen LogP contribution in [0.4, 0.5) is 10.2 Å². The molecule has 2 heterocycles. The summed E-state index contributed by atoms with van der Waals surface area (Å²) in [7, 11) is 0. The predicted octanol–water partition coefficient (Wildman–Crippen LogP) is 3.44. The molecule has 5 heteroatoms. The Kier molecular flexibility index (Phi) is 3.08. The van der Waals surface area contributed by atoms with Gasteiger partial charge in [-0.1, -0.05) is 18.2 Å². The van der Waals surface area contributed by atoms with Gasteiger partial charge < -0.3 is 5.32 Å². The van der Waals surface area contributed by atoms with Crippen molar-refractivity contribution < 1.29 is 9.18 Å². The number of carbonyl (C=O) groups is 1. The van der Waals surface area contributed by atoms with Crippen LogP contribution in [-0.4, -0.2) is 16.1 Å². The Labute approximate surface area is 123 Å². The van der Waals surface area contributed by atoms with Crippen molar-refractivity contribution in [3.8, 4) is 0 Å². The molecule has 0 amide bonds. The lowest BCUT2D eigenvalue weighted by Gasteiger charge is -2.38. The summed E-state index contributed by atoms with van der Waals surface area (Å²) >= 11 is 0. The van der Waals surface area contributed by atoms with E-state index in [-0.39, 0.29) is 17.4 Å². The molecule has 0 aliphatic carbocycles. The highest BCUT2D eigenvalue weighted by Crippen LogP contribution is 2.40. The highest BCUT2D eigenvalue weighted by atomic mass is 19.1. The van der Waals surface area contributed by atoms with Gasteiger partial charge in [0, 0.05) is 5.56 Å². The molecule has 0 bridgehead atoms. The number of fused-ring (bicyclic) bond motifs is 1. The van der Waals surface area contributed by atoms with E-state index in [9.17, 15) is 9.18 Å². The summed E-state index contributed by atoms with van der Waals surface area (Å²) < 4.78 is 15.9. The molecule has 1 aliphatic heterocycles. The minimum absolute atomic E-state index is 0.177. The lowest BCUT2D eigenvalue weighted by molar-refractivity contribution is 0.112. The first kappa shape index (κ1) is 13.8. The molecule has 2 aromatic rings. The maximum atomic E-state index is 14.1. The molecule has 110 valence electrons. The average Bonchev–Trinajstić information content (AvgIpc) is 2.75. The molecule has 1 aromatic carbocycles. The molecule has 1 aliphatic rings. The second-order valence-corrected chi connectivity index (χ2v) is 6.11. The van der Waals surface area contributed by atoms with Crippen molar-refractivity contribution in [3.05, 3.63) is 46.9 Å². The van der Waals surface area contributed by atoms with Crippen LogP contribution in [0.25, 0.3) is 0 Å². The molecule has 1 atom stereocenters. The molecular weight excluding hydrogens is 269 g/mol. The fraction of sp³-hybridized carbons (Fsp3) is 0.375. The van der Waals surface area contributed by atoms with Crippen LogP contribution in [0.1, 0.15) is 47.9 Å². The first-order chi connectivity index (χ1) is 9.94. The van der Waals surface area contributed by atoms with E-state index in [0.29, 0.717) is 29.1 Å². The van der Waals surface area contributed by atoms with Gasteiger partial charge in [0.15, 0.2) is 6.29 Å². The van der Waals surface area contributed by atoms with Gasteiger partial charge in [0.2, 0.25) is 0 Å². The maximum absolute atomic E-state index is 14.1. The molecule has 0 fully saturated rings. The van der Waals surface area contributed by atoms with Crippen molar-refractivity contribution >= 4 is 12.1 Å². The van der Waals surface area contributed by atoms with Crippen LogP contribution in [0, 0.1) is 12.7 Å². The Hall–Kier alpha value is -2.17. The average molecular weight is 287 g/mol. The van der Waals surface area contributed by atoms with Crippen LogP contribution in [-0.2, 0) is 5.54 Å². The molecule has 4 nitrogen and oxygen atoms in total. The van der Waals surface area contributed by atoms with Crippen LogP contribution >= 0.6 is 0 Å². The molecule has 1 aromatic heterocycles. The first-order valence-electron chi connectivity index (χ1n) is 7.00. The quantitative estimate of drug-likeness (QED) is 0.861. The monoisotopic (exact) mass is 287 g/mol. The van der Waals surface area contributed by atoms with Crippen molar-refractivity contribution in [2.75, 3.05) is 5.32 Å². The normalized spacial score (nSPS) is 19.7. The van der Waals surface area contributed by atoms with E-state index in [1.807, 2.05) is 31.5 Å². The minimum Gasteiger partial charge on any atom is -0.363 e. The third-order valence-electron chi connectivity index (χ3n) is 4.09. The number of aldehydes is 1. The molecule has 0 saturated heterocycles. The highest BCUT2D eigenvalue weighted by Gasteiger charge is 2.37. The van der Waals surface area contributed by atoms with Crippen LogP contribution in [0.5, 0.6) is 0 Å². The molecule has 0 radical (unpaired) electrons. The zero-order chi connectivity index (χ0) is 15.2. The summed E-state index contributed by atoms with van der Waals surface area (Å²) in [4.78, 5) is 11.3. The topological polar surface area (TPSA) is 46.9 Å². The number of carbonyl (C=O) groups excluding carboxylic acids is 1. The van der Waals surface area contributed by atoms with Crippen molar-refractivity contribution in [1.82, 2.24) is 9.78 Å². The van der Waals surface area contributed by atoms with Gasteiger partial charge in [-0.05, 0) is 33.3 Å². The number of rotatable bonds is 2. The van der Waals surface area contributed by atoms with E-state index in [1.165, 1.54) is 6.07 Å². The zero-order valence-corrected chi connectivity index (χ0v) is 12.4. The van der Waals surface area contributed by atoms with E-state index in [2.05, 4.69) is 10.4 Å². The van der Waals surface area contributed by atoms with E-state index >= 15 is 0 Å². The summed E-state index contributed by atoms with van der Waals surface area (Å²) in [6.07, 6.45) is 1.50. The number of halogens is 1. The van der Waals surface area contributed by atoms with Gasteiger partial charge >= 0.3 is 0 Å². The number of nitrogens with one attached hydrogen (secondary N) is 1. The van der Waals surface area contributed by atoms with Crippen molar-refractivity contribution in [2.45, 2.75) is 38.8 Å². The maximum Gasteiger partial charge on any atom is 0.155 e. The smallest absolute Gasteiger partial charge is 0.155 e. The summed E-state index contributed by atoms with van der Waals surface area (Å²) in [5, 5.41) is 7.73. The molecule has 21 heavy (non-hydrogen) atoms. The van der Waals surface area contributed by atoms with Gasteiger partial charge in [-0.2, -0.15) is 5.10 Å². The van der Waals surface area contributed by atoms with Gasteiger partial charge in [-0.15, -0.1) is 0 Å². The second-order valence-electron chi connectivity index (χ2n) is 6.11. The summed E-state index contributed by atoms with van der Waals surface area (Å²) in [5.41, 5.74) is 1.56. The van der Waals surface area contributed by atoms with Gasteiger partial charge in [-0.3, -0.25) is 4.79 Å². The fourth-order valence-electron chi connectivity index (χ4n) is 3.00. The number of benzene rings is 1. The highest BCUT2D eigenvalue weighted by molar-refractivity contribution is 5.84.